The number of ether oxygens (including phenoxy) is 1. The van der Waals surface area contributed by atoms with Gasteiger partial charge in [0.05, 0.1) is 6.54 Å². The maximum absolute atomic E-state index is 11.9. The molecule has 6 nitrogen and oxygen atoms in total. The van der Waals surface area contributed by atoms with Crippen LogP contribution in [0.3, 0.4) is 0 Å². The third-order valence-corrected chi connectivity index (χ3v) is 3.62. The molecule has 138 valence electrons. The summed E-state index contributed by atoms with van der Waals surface area (Å²) in [5, 5.41) is 8.46. The van der Waals surface area contributed by atoms with Crippen LogP contribution in [0.1, 0.15) is 32.6 Å². The van der Waals surface area contributed by atoms with Crippen molar-refractivity contribution in [1.82, 2.24) is 15.5 Å². The Bertz CT molecular complexity index is 501. The number of nitrogens with zero attached hydrogens (tertiary/aromatic N) is 2. The summed E-state index contributed by atoms with van der Waals surface area (Å²) in [5.74, 6) is 0.749. The highest BCUT2D eigenvalue weighted by Crippen LogP contribution is 2.09. The van der Waals surface area contributed by atoms with E-state index in [1.54, 1.807) is 23.3 Å². The molecular formula is C16H29IN4O2S. The van der Waals surface area contributed by atoms with Crippen molar-refractivity contribution in [1.29, 1.82) is 0 Å². The average Bonchev–Trinajstić information content (AvgIpc) is 2.96. The van der Waals surface area contributed by atoms with E-state index in [1.165, 1.54) is 4.88 Å². The van der Waals surface area contributed by atoms with Crippen LogP contribution in [-0.4, -0.2) is 49.2 Å². The zero-order chi connectivity index (χ0) is 17.3. The quantitative estimate of drug-likeness (QED) is 0.382. The molecule has 0 aliphatic rings. The molecule has 0 atom stereocenters. The molecule has 1 aromatic rings. The molecule has 1 amide bonds. The minimum Gasteiger partial charge on any atom is -0.444 e. The summed E-state index contributed by atoms with van der Waals surface area (Å²) in [4.78, 5) is 19.2. The first kappa shape index (κ1) is 23.0. The summed E-state index contributed by atoms with van der Waals surface area (Å²) in [5.41, 5.74) is -0.476. The standard InChI is InChI=1S/C16H28N4O2S.HI/c1-6-17-14(19-12-13-8-7-11-23-13)18-9-10-20(5)15(21)22-16(2,3)4;/h7-8,11H,6,9-10,12H2,1-5H3,(H2,17,18,19);1H. The Kier molecular flexibility index (Phi) is 11.0. The number of guanidine groups is 1. The first-order valence-electron chi connectivity index (χ1n) is 7.80. The van der Waals surface area contributed by atoms with Crippen molar-refractivity contribution >= 4 is 47.4 Å². The third-order valence-electron chi connectivity index (χ3n) is 2.76. The molecule has 8 heteroatoms. The van der Waals surface area contributed by atoms with E-state index in [9.17, 15) is 4.79 Å². The number of aliphatic imine (C=N–C) groups is 1. The number of likely N-dealkylation sites (N-methyl/N-ethyl adjacent to an activating group) is 1. The van der Waals surface area contributed by atoms with Crippen molar-refractivity contribution < 1.29 is 9.53 Å². The number of hydrogen-bond donors (Lipinski definition) is 2. The minimum absolute atomic E-state index is 0. The van der Waals surface area contributed by atoms with Gasteiger partial charge in [0.1, 0.15) is 5.60 Å². The number of nitrogens with one attached hydrogen (secondary N) is 2. The van der Waals surface area contributed by atoms with Crippen LogP contribution in [-0.2, 0) is 11.3 Å². The number of carbonyl (C=O) groups is 1. The van der Waals surface area contributed by atoms with Crippen molar-refractivity contribution in [2.75, 3.05) is 26.7 Å². The first-order chi connectivity index (χ1) is 10.8. The Morgan fingerprint density at radius 1 is 1.38 bits per heavy atom. The average molecular weight is 468 g/mol. The van der Waals surface area contributed by atoms with E-state index in [4.69, 9.17) is 4.74 Å². The normalized spacial score (nSPS) is 11.5. The fourth-order valence-electron chi connectivity index (χ4n) is 1.67. The lowest BCUT2D eigenvalue weighted by atomic mass is 10.2. The predicted octanol–water partition coefficient (Wildman–Crippen LogP) is 3.29. The van der Waals surface area contributed by atoms with Gasteiger partial charge in [-0.3, -0.25) is 0 Å². The molecule has 0 spiro atoms. The summed E-state index contributed by atoms with van der Waals surface area (Å²) >= 11 is 1.69. The van der Waals surface area contributed by atoms with E-state index in [2.05, 4.69) is 21.7 Å². The van der Waals surface area contributed by atoms with Gasteiger partial charge in [-0.2, -0.15) is 0 Å². The van der Waals surface area contributed by atoms with E-state index in [0.717, 1.165) is 12.5 Å². The van der Waals surface area contributed by atoms with Crippen molar-refractivity contribution in [3.05, 3.63) is 22.4 Å². The van der Waals surface area contributed by atoms with E-state index in [1.807, 2.05) is 39.1 Å². The second-order valence-electron chi connectivity index (χ2n) is 6.10. The summed E-state index contributed by atoms with van der Waals surface area (Å²) in [6.45, 7) is 10.2. The van der Waals surface area contributed by atoms with E-state index in [-0.39, 0.29) is 30.1 Å². The van der Waals surface area contributed by atoms with Gasteiger partial charge < -0.3 is 20.3 Å². The van der Waals surface area contributed by atoms with Gasteiger partial charge in [0.25, 0.3) is 0 Å². The topological polar surface area (TPSA) is 66.0 Å². The monoisotopic (exact) mass is 468 g/mol. The summed E-state index contributed by atoms with van der Waals surface area (Å²) in [7, 11) is 1.73. The molecule has 0 saturated carbocycles. The molecule has 0 aliphatic carbocycles. The second-order valence-corrected chi connectivity index (χ2v) is 7.14. The Morgan fingerprint density at radius 2 is 2.08 bits per heavy atom. The highest BCUT2D eigenvalue weighted by atomic mass is 127. The molecule has 1 heterocycles. The highest BCUT2D eigenvalue weighted by Gasteiger charge is 2.19. The molecule has 0 aliphatic heterocycles. The molecule has 0 bridgehead atoms. The Labute approximate surface area is 166 Å². The van der Waals surface area contributed by atoms with Crippen molar-refractivity contribution in [3.63, 3.8) is 0 Å². The summed E-state index contributed by atoms with van der Waals surface area (Å²) in [6.07, 6.45) is -0.320. The molecule has 24 heavy (non-hydrogen) atoms. The van der Waals surface area contributed by atoms with Gasteiger partial charge in [0, 0.05) is 31.6 Å². The van der Waals surface area contributed by atoms with Crippen LogP contribution < -0.4 is 10.6 Å². The third kappa shape index (κ3) is 9.96. The second kappa shape index (κ2) is 11.5. The molecule has 2 N–H and O–H groups in total. The fraction of sp³-hybridized carbons (Fsp3) is 0.625. The summed E-state index contributed by atoms with van der Waals surface area (Å²) in [6, 6.07) is 4.08. The van der Waals surface area contributed by atoms with Gasteiger partial charge in [-0.1, -0.05) is 6.07 Å². The number of carbonyl (C=O) groups excluding carboxylic acids is 1. The van der Waals surface area contributed by atoms with E-state index < -0.39 is 5.60 Å². The molecule has 1 rings (SSSR count). The van der Waals surface area contributed by atoms with Crippen LogP contribution >= 0.6 is 35.3 Å². The van der Waals surface area contributed by atoms with Crippen LogP contribution in [0.4, 0.5) is 4.79 Å². The number of amides is 1. The van der Waals surface area contributed by atoms with Crippen molar-refractivity contribution in [2.24, 2.45) is 4.99 Å². The van der Waals surface area contributed by atoms with E-state index >= 15 is 0 Å². The largest absolute Gasteiger partial charge is 0.444 e. The predicted molar refractivity (Wildman–Crippen MR) is 111 cm³/mol. The lowest BCUT2D eigenvalue weighted by molar-refractivity contribution is 0.0302. The zero-order valence-electron chi connectivity index (χ0n) is 15.1. The number of halogens is 1. The smallest absolute Gasteiger partial charge is 0.410 e. The number of hydrogen-bond acceptors (Lipinski definition) is 4. The van der Waals surface area contributed by atoms with Gasteiger partial charge in [-0.25, -0.2) is 9.79 Å². The molecule has 0 radical (unpaired) electrons. The molecule has 0 aromatic carbocycles. The highest BCUT2D eigenvalue weighted by molar-refractivity contribution is 14.0. The van der Waals surface area contributed by atoms with Crippen LogP contribution in [0, 0.1) is 0 Å². The van der Waals surface area contributed by atoms with Gasteiger partial charge in [-0.05, 0) is 39.1 Å². The summed E-state index contributed by atoms with van der Waals surface area (Å²) < 4.78 is 5.32. The Hall–Kier alpha value is -1.03. The van der Waals surface area contributed by atoms with E-state index in [0.29, 0.717) is 19.6 Å². The maximum Gasteiger partial charge on any atom is 0.410 e. The van der Waals surface area contributed by atoms with Crippen LogP contribution in [0.2, 0.25) is 0 Å². The maximum atomic E-state index is 11.9. The molecule has 1 aromatic heterocycles. The van der Waals surface area contributed by atoms with Crippen LogP contribution in [0.5, 0.6) is 0 Å². The van der Waals surface area contributed by atoms with Gasteiger partial charge in [-0.15, -0.1) is 35.3 Å². The van der Waals surface area contributed by atoms with Crippen molar-refractivity contribution in [3.8, 4) is 0 Å². The van der Waals surface area contributed by atoms with Gasteiger partial charge in [0.2, 0.25) is 0 Å². The SMILES string of the molecule is CCNC(=NCc1cccs1)NCCN(C)C(=O)OC(C)(C)C.I. The zero-order valence-corrected chi connectivity index (χ0v) is 18.2. The molecular weight excluding hydrogens is 439 g/mol. The number of rotatable bonds is 6. The fourth-order valence-corrected chi connectivity index (χ4v) is 2.30. The van der Waals surface area contributed by atoms with Gasteiger partial charge in [0.15, 0.2) is 5.96 Å². The van der Waals surface area contributed by atoms with Crippen LogP contribution in [0.25, 0.3) is 0 Å². The Morgan fingerprint density at radius 3 is 2.62 bits per heavy atom. The van der Waals surface area contributed by atoms with Gasteiger partial charge >= 0.3 is 6.09 Å². The lowest BCUT2D eigenvalue weighted by Gasteiger charge is -2.24. The Balaban J connectivity index is 0.00000529. The lowest BCUT2D eigenvalue weighted by Crippen LogP contribution is -2.43. The molecule has 0 saturated heterocycles. The molecule has 0 fully saturated rings. The minimum atomic E-state index is -0.476. The first-order valence-corrected chi connectivity index (χ1v) is 8.68. The van der Waals surface area contributed by atoms with Crippen molar-refractivity contribution in [2.45, 2.75) is 39.8 Å². The number of thiophene rings is 1. The van der Waals surface area contributed by atoms with Crippen LogP contribution in [0.15, 0.2) is 22.5 Å². The molecule has 0 unspecified atom stereocenters.